The molecule has 0 spiro atoms. The molecule has 74 valence electrons. The highest BCUT2D eigenvalue weighted by molar-refractivity contribution is 5.89. The maximum absolute atomic E-state index is 11.1. The van der Waals surface area contributed by atoms with Crippen LogP contribution in [0.2, 0.25) is 0 Å². The van der Waals surface area contributed by atoms with E-state index in [0.717, 1.165) is 16.5 Å². The van der Waals surface area contributed by atoms with Gasteiger partial charge in [0, 0.05) is 28.4 Å². The molecule has 0 bridgehead atoms. The number of aromatic nitrogens is 1. The van der Waals surface area contributed by atoms with E-state index in [9.17, 15) is 4.79 Å². The lowest BCUT2D eigenvalue weighted by atomic mass is 10.1. The van der Waals surface area contributed by atoms with E-state index in [1.807, 2.05) is 24.3 Å². The van der Waals surface area contributed by atoms with E-state index in [1.54, 1.807) is 6.20 Å². The van der Waals surface area contributed by atoms with Gasteiger partial charge >= 0.3 is 0 Å². The van der Waals surface area contributed by atoms with Gasteiger partial charge in [-0.25, -0.2) is 0 Å². The average Bonchev–Trinajstić information content (AvgIpc) is 2.62. The van der Waals surface area contributed by atoms with Crippen LogP contribution in [0.1, 0.15) is 5.56 Å². The van der Waals surface area contributed by atoms with Gasteiger partial charge in [-0.1, -0.05) is 18.2 Å². The Morgan fingerprint density at radius 1 is 1.47 bits per heavy atom. The Hall–Kier alpha value is -2.26. The fraction of sp³-hybridized carbons (Fsp3) is 0.100. The largest absolute Gasteiger partial charge is 0.361 e. The summed E-state index contributed by atoms with van der Waals surface area (Å²) in [4.78, 5) is 16.6. The Bertz CT molecular complexity index is 551. The molecular weight excluding hydrogens is 192 g/mol. The normalized spacial score (nSPS) is 9.87. The molecule has 0 aliphatic heterocycles. The van der Waals surface area contributed by atoms with Crippen molar-refractivity contribution in [3.8, 4) is 0 Å². The summed E-state index contributed by atoms with van der Waals surface area (Å²) < 4.78 is 0. The molecule has 0 aliphatic rings. The van der Waals surface area contributed by atoms with Gasteiger partial charge in [-0.2, -0.15) is 0 Å². The van der Waals surface area contributed by atoms with Gasteiger partial charge in [-0.05, 0) is 22.3 Å². The number of fused-ring (bicyclic) bond motifs is 1. The van der Waals surface area contributed by atoms with Crippen molar-refractivity contribution in [3.63, 3.8) is 0 Å². The number of hydrogen-bond donors (Lipinski definition) is 1. The first-order valence-corrected chi connectivity index (χ1v) is 4.44. The average molecular weight is 200 g/mol. The fourth-order valence-electron chi connectivity index (χ4n) is 1.53. The SMILES string of the molecule is [N-]=[N+]=NC(=O)Cc1c[nH]c2ccccc12. The Balaban J connectivity index is 2.36. The minimum absolute atomic E-state index is 0.133. The Labute approximate surface area is 85.3 Å². The number of aromatic amines is 1. The molecule has 0 unspecified atom stereocenters. The maximum atomic E-state index is 11.1. The number of rotatable bonds is 2. The molecule has 2 aromatic rings. The smallest absolute Gasteiger partial charge is 0.223 e. The first-order chi connectivity index (χ1) is 7.31. The molecule has 5 nitrogen and oxygen atoms in total. The molecule has 0 radical (unpaired) electrons. The predicted molar refractivity (Wildman–Crippen MR) is 56.2 cm³/mol. The number of para-hydroxylation sites is 1. The van der Waals surface area contributed by atoms with Crippen molar-refractivity contribution in [2.75, 3.05) is 0 Å². The molecule has 5 heteroatoms. The zero-order valence-corrected chi connectivity index (χ0v) is 7.84. The highest BCUT2D eigenvalue weighted by atomic mass is 16.1. The third kappa shape index (κ3) is 1.82. The Morgan fingerprint density at radius 2 is 2.27 bits per heavy atom. The minimum atomic E-state index is -0.470. The molecule has 1 aromatic heterocycles. The number of nitrogens with zero attached hydrogens (tertiary/aromatic N) is 3. The summed E-state index contributed by atoms with van der Waals surface area (Å²) in [5, 5.41) is 4.02. The monoisotopic (exact) mass is 200 g/mol. The lowest BCUT2D eigenvalue weighted by Crippen LogP contribution is -1.96. The van der Waals surface area contributed by atoms with E-state index < -0.39 is 5.91 Å². The molecule has 15 heavy (non-hydrogen) atoms. The highest BCUT2D eigenvalue weighted by Crippen LogP contribution is 2.18. The van der Waals surface area contributed by atoms with E-state index in [-0.39, 0.29) is 6.42 Å². The first kappa shape index (κ1) is 9.30. The number of H-pyrrole nitrogens is 1. The van der Waals surface area contributed by atoms with Crippen LogP contribution in [0.25, 0.3) is 21.3 Å². The lowest BCUT2D eigenvalue weighted by molar-refractivity contribution is -0.117. The standard InChI is InChI=1S/C10H8N4O/c11-14-13-10(15)5-7-6-12-9-4-2-1-3-8(7)9/h1-4,6,12H,5H2. The van der Waals surface area contributed by atoms with E-state index in [4.69, 9.17) is 5.53 Å². The summed E-state index contributed by atoms with van der Waals surface area (Å²) in [7, 11) is 0. The van der Waals surface area contributed by atoms with Crippen molar-refractivity contribution in [1.29, 1.82) is 0 Å². The number of nitrogens with one attached hydrogen (secondary N) is 1. The summed E-state index contributed by atoms with van der Waals surface area (Å²) in [6, 6.07) is 7.66. The number of azide groups is 1. The van der Waals surface area contributed by atoms with Gasteiger partial charge in [0.15, 0.2) is 0 Å². The molecule has 1 N–H and O–H groups in total. The van der Waals surface area contributed by atoms with Crippen LogP contribution in [0.3, 0.4) is 0 Å². The second-order valence-electron chi connectivity index (χ2n) is 3.12. The van der Waals surface area contributed by atoms with E-state index in [1.165, 1.54) is 0 Å². The molecule has 1 amide bonds. The molecule has 0 saturated heterocycles. The number of carbonyl (C=O) groups is 1. The van der Waals surface area contributed by atoms with Gasteiger partial charge in [-0.15, -0.1) is 0 Å². The summed E-state index contributed by atoms with van der Waals surface area (Å²) in [6.07, 6.45) is 1.89. The third-order valence-electron chi connectivity index (χ3n) is 2.17. The van der Waals surface area contributed by atoms with Crippen molar-refractivity contribution in [2.24, 2.45) is 5.11 Å². The summed E-state index contributed by atoms with van der Waals surface area (Å²) >= 11 is 0. The van der Waals surface area contributed by atoms with E-state index in [2.05, 4.69) is 15.0 Å². The van der Waals surface area contributed by atoms with Crippen molar-refractivity contribution in [3.05, 3.63) is 46.5 Å². The van der Waals surface area contributed by atoms with Crippen LogP contribution in [0, 0.1) is 0 Å². The van der Waals surface area contributed by atoms with Gasteiger partial charge in [0.1, 0.15) is 0 Å². The van der Waals surface area contributed by atoms with Crippen molar-refractivity contribution < 1.29 is 4.79 Å². The van der Waals surface area contributed by atoms with Gasteiger partial charge in [0.25, 0.3) is 0 Å². The number of amides is 1. The van der Waals surface area contributed by atoms with Gasteiger partial charge in [0.05, 0.1) is 0 Å². The van der Waals surface area contributed by atoms with Crippen LogP contribution >= 0.6 is 0 Å². The fourth-order valence-corrected chi connectivity index (χ4v) is 1.53. The third-order valence-corrected chi connectivity index (χ3v) is 2.17. The zero-order valence-electron chi connectivity index (χ0n) is 7.84. The number of carbonyl (C=O) groups excluding carboxylic acids is 1. The maximum Gasteiger partial charge on any atom is 0.223 e. The van der Waals surface area contributed by atoms with E-state index >= 15 is 0 Å². The molecular formula is C10H8N4O. The minimum Gasteiger partial charge on any atom is -0.361 e. The van der Waals surface area contributed by atoms with Crippen LogP contribution in [-0.2, 0) is 11.2 Å². The Morgan fingerprint density at radius 3 is 3.07 bits per heavy atom. The van der Waals surface area contributed by atoms with Gasteiger partial charge in [-0.3, -0.25) is 4.79 Å². The first-order valence-electron chi connectivity index (χ1n) is 4.44. The van der Waals surface area contributed by atoms with Crippen molar-refractivity contribution in [2.45, 2.75) is 6.42 Å². The second-order valence-corrected chi connectivity index (χ2v) is 3.12. The van der Waals surface area contributed by atoms with E-state index in [0.29, 0.717) is 0 Å². The number of benzene rings is 1. The van der Waals surface area contributed by atoms with Gasteiger partial charge < -0.3 is 4.98 Å². The Kier molecular flexibility index (Phi) is 2.39. The summed E-state index contributed by atoms with van der Waals surface area (Å²) in [5.74, 6) is -0.470. The topological polar surface area (TPSA) is 81.6 Å². The summed E-state index contributed by atoms with van der Waals surface area (Å²) in [5.41, 5.74) is 9.93. The molecule has 0 fully saturated rings. The number of hydrogen-bond acceptors (Lipinski definition) is 1. The van der Waals surface area contributed by atoms with Crippen LogP contribution in [0.4, 0.5) is 0 Å². The van der Waals surface area contributed by atoms with Crippen LogP contribution in [-0.4, -0.2) is 10.9 Å². The van der Waals surface area contributed by atoms with Crippen LogP contribution in [0.5, 0.6) is 0 Å². The highest BCUT2D eigenvalue weighted by Gasteiger charge is 2.06. The van der Waals surface area contributed by atoms with Gasteiger partial charge in [0.2, 0.25) is 5.91 Å². The second kappa shape index (κ2) is 3.86. The summed E-state index contributed by atoms with van der Waals surface area (Å²) in [6.45, 7) is 0. The quantitative estimate of drug-likeness (QED) is 0.451. The molecule has 0 aliphatic carbocycles. The molecule has 0 saturated carbocycles. The lowest BCUT2D eigenvalue weighted by Gasteiger charge is -1.93. The molecule has 2 rings (SSSR count). The predicted octanol–water partition coefficient (Wildman–Crippen LogP) is 2.55. The van der Waals surface area contributed by atoms with Crippen LogP contribution < -0.4 is 0 Å². The van der Waals surface area contributed by atoms with Crippen LogP contribution in [0.15, 0.2) is 35.6 Å². The van der Waals surface area contributed by atoms with Crippen molar-refractivity contribution >= 4 is 16.8 Å². The molecule has 1 aromatic carbocycles. The van der Waals surface area contributed by atoms with Crippen molar-refractivity contribution in [1.82, 2.24) is 4.98 Å². The molecule has 1 heterocycles. The molecule has 0 atom stereocenters. The zero-order chi connectivity index (χ0) is 10.7.